The average Bonchev–Trinajstić information content (AvgIpc) is 3.70. The monoisotopic (exact) mass is 644 g/mol. The molecule has 6 rings (SSSR count). The van der Waals surface area contributed by atoms with Crippen LogP contribution in [-0.2, 0) is 17.9 Å². The standard InChI is InChI=1S/C35H29FN8O2S/c1-4-29(45)40-16-22-6-8-25(20(2)14-22)32-30(23-7-9-28(27(36)15-23)46-35-39-12-10-21(3)43-35)31-33(47-32)26(18-41-34(31)38)24-17-42-44(19-24)13-5-11-37/h4,6-10,12,14-15,17-19H,1,5,13,16H2,2-3H3,(H2,38,41)(H,40,45). The Labute approximate surface area is 274 Å². The molecule has 0 radical (unpaired) electrons. The van der Waals surface area contributed by atoms with Crippen molar-refractivity contribution >= 4 is 33.1 Å². The van der Waals surface area contributed by atoms with Crippen molar-refractivity contribution in [1.82, 2.24) is 30.0 Å². The first-order chi connectivity index (χ1) is 22.7. The number of rotatable bonds is 10. The van der Waals surface area contributed by atoms with Gasteiger partial charge in [-0.05, 0) is 60.4 Å². The Kier molecular flexibility index (Phi) is 8.73. The number of halogens is 1. The van der Waals surface area contributed by atoms with E-state index in [4.69, 9.17) is 15.7 Å². The number of nitrogen functional groups attached to an aromatic ring is 1. The van der Waals surface area contributed by atoms with Gasteiger partial charge in [0.25, 0.3) is 0 Å². The van der Waals surface area contributed by atoms with Crippen molar-refractivity contribution < 1.29 is 13.9 Å². The molecule has 10 nitrogen and oxygen atoms in total. The first kappa shape index (κ1) is 31.1. The maximum Gasteiger partial charge on any atom is 0.322 e. The predicted molar refractivity (Wildman–Crippen MR) is 180 cm³/mol. The lowest BCUT2D eigenvalue weighted by molar-refractivity contribution is -0.116. The molecule has 0 aliphatic heterocycles. The summed E-state index contributed by atoms with van der Waals surface area (Å²) in [5.41, 5.74) is 13.0. The van der Waals surface area contributed by atoms with Crippen molar-refractivity contribution in [3.8, 4) is 50.5 Å². The maximum atomic E-state index is 15.7. The van der Waals surface area contributed by atoms with Crippen LogP contribution >= 0.6 is 11.3 Å². The normalized spacial score (nSPS) is 10.9. The maximum absolute atomic E-state index is 15.7. The molecule has 12 heteroatoms. The van der Waals surface area contributed by atoms with Crippen LogP contribution in [0.4, 0.5) is 10.2 Å². The average molecular weight is 645 g/mol. The van der Waals surface area contributed by atoms with Gasteiger partial charge in [0, 0.05) is 62.5 Å². The molecule has 0 saturated carbocycles. The Balaban J connectivity index is 1.51. The molecular weight excluding hydrogens is 616 g/mol. The topological polar surface area (TPSA) is 145 Å². The highest BCUT2D eigenvalue weighted by Crippen LogP contribution is 2.50. The number of carbonyl (C=O) groups is 1. The quantitative estimate of drug-likeness (QED) is 0.150. The second kappa shape index (κ2) is 13.2. The summed E-state index contributed by atoms with van der Waals surface area (Å²) in [6.45, 7) is 8.10. The first-order valence-electron chi connectivity index (χ1n) is 14.6. The molecule has 0 spiro atoms. The van der Waals surface area contributed by atoms with E-state index in [1.165, 1.54) is 23.5 Å². The summed E-state index contributed by atoms with van der Waals surface area (Å²) in [4.78, 5) is 25.5. The molecule has 0 atom stereocenters. The predicted octanol–water partition coefficient (Wildman–Crippen LogP) is 7.13. The largest absolute Gasteiger partial charge is 0.421 e. The lowest BCUT2D eigenvalue weighted by Gasteiger charge is -2.12. The first-order valence-corrected chi connectivity index (χ1v) is 15.5. The van der Waals surface area contributed by atoms with Crippen LogP contribution in [0.5, 0.6) is 11.8 Å². The fourth-order valence-corrected chi connectivity index (χ4v) is 6.70. The van der Waals surface area contributed by atoms with Crippen molar-refractivity contribution in [1.29, 1.82) is 5.26 Å². The molecule has 3 N–H and O–H groups in total. The van der Waals surface area contributed by atoms with E-state index in [0.29, 0.717) is 42.0 Å². The second-order valence-electron chi connectivity index (χ2n) is 10.8. The van der Waals surface area contributed by atoms with E-state index in [1.54, 1.807) is 48.4 Å². The third kappa shape index (κ3) is 6.43. The van der Waals surface area contributed by atoms with Gasteiger partial charge in [0.15, 0.2) is 11.6 Å². The number of hydrogen-bond acceptors (Lipinski definition) is 9. The van der Waals surface area contributed by atoms with E-state index in [9.17, 15) is 4.79 Å². The van der Waals surface area contributed by atoms with Crippen molar-refractivity contribution in [3.63, 3.8) is 0 Å². The summed E-state index contributed by atoms with van der Waals surface area (Å²) in [6, 6.07) is 14.6. The number of aryl methyl sites for hydroxylation is 3. The Morgan fingerprint density at radius 3 is 2.74 bits per heavy atom. The lowest BCUT2D eigenvalue weighted by atomic mass is 9.95. The van der Waals surface area contributed by atoms with Crippen molar-refractivity contribution in [2.45, 2.75) is 33.4 Å². The van der Waals surface area contributed by atoms with E-state index >= 15 is 4.39 Å². The summed E-state index contributed by atoms with van der Waals surface area (Å²) in [5.74, 6) is -0.565. The molecule has 4 aromatic heterocycles. The fourth-order valence-electron chi connectivity index (χ4n) is 5.25. The summed E-state index contributed by atoms with van der Waals surface area (Å²) in [7, 11) is 0. The Morgan fingerprint density at radius 2 is 2.00 bits per heavy atom. The Bertz CT molecular complexity index is 2200. The smallest absolute Gasteiger partial charge is 0.322 e. The van der Waals surface area contributed by atoms with Crippen LogP contribution in [0, 0.1) is 31.0 Å². The number of carbonyl (C=O) groups excluding carboxylic acids is 1. The van der Waals surface area contributed by atoms with E-state index in [-0.39, 0.29) is 17.7 Å². The molecule has 47 heavy (non-hydrogen) atoms. The van der Waals surface area contributed by atoms with Crippen LogP contribution in [0.1, 0.15) is 23.2 Å². The number of amides is 1. The second-order valence-corrected chi connectivity index (χ2v) is 11.8. The molecular formula is C35H29FN8O2S. The van der Waals surface area contributed by atoms with Crippen LogP contribution in [0.25, 0.3) is 42.8 Å². The molecule has 1 amide bonds. The van der Waals surface area contributed by atoms with E-state index in [1.807, 2.05) is 31.3 Å². The highest BCUT2D eigenvalue weighted by atomic mass is 32.1. The minimum atomic E-state index is -0.593. The SMILES string of the molecule is C=CC(=O)NCc1ccc(-c2sc3c(-c4cnn(CCC#N)c4)cnc(N)c3c2-c2ccc(Oc3nccc(C)n3)c(F)c2)c(C)c1. The van der Waals surface area contributed by atoms with Crippen molar-refractivity contribution in [2.75, 3.05) is 5.73 Å². The third-order valence-electron chi connectivity index (χ3n) is 7.52. The number of nitrogens with two attached hydrogens (primary N) is 1. The Hall–Kier alpha value is -5.93. The molecule has 4 heterocycles. The number of thiophene rings is 1. The van der Waals surface area contributed by atoms with Crippen molar-refractivity contribution in [2.24, 2.45) is 0 Å². The highest BCUT2D eigenvalue weighted by molar-refractivity contribution is 7.23. The number of hydrogen-bond donors (Lipinski definition) is 2. The molecule has 0 bridgehead atoms. The highest BCUT2D eigenvalue weighted by Gasteiger charge is 2.24. The number of ether oxygens (including phenoxy) is 1. The van der Waals surface area contributed by atoms with Gasteiger partial charge in [-0.25, -0.2) is 19.3 Å². The zero-order valence-electron chi connectivity index (χ0n) is 25.6. The lowest BCUT2D eigenvalue weighted by Crippen LogP contribution is -2.19. The number of pyridine rings is 1. The molecule has 0 aliphatic carbocycles. The Morgan fingerprint density at radius 1 is 1.15 bits per heavy atom. The van der Waals surface area contributed by atoms with E-state index in [2.05, 4.69) is 38.0 Å². The number of nitrogens with one attached hydrogen (secondary N) is 1. The number of benzene rings is 2. The van der Waals surface area contributed by atoms with Gasteiger partial charge in [0.2, 0.25) is 5.91 Å². The number of aromatic nitrogens is 5. The summed E-state index contributed by atoms with van der Waals surface area (Å²) >= 11 is 1.52. The molecule has 234 valence electrons. The zero-order valence-corrected chi connectivity index (χ0v) is 26.4. The van der Waals surface area contributed by atoms with Crippen LogP contribution in [0.15, 0.2) is 79.9 Å². The molecule has 0 aliphatic rings. The van der Waals surface area contributed by atoms with Gasteiger partial charge in [-0.15, -0.1) is 11.3 Å². The number of nitriles is 1. The van der Waals surface area contributed by atoms with E-state index < -0.39 is 5.82 Å². The molecule has 0 unspecified atom stereocenters. The minimum absolute atomic E-state index is 0.0147. The van der Waals surface area contributed by atoms with Crippen LogP contribution in [0.3, 0.4) is 0 Å². The minimum Gasteiger partial charge on any atom is -0.421 e. The van der Waals surface area contributed by atoms with Crippen LogP contribution in [-0.4, -0.2) is 30.6 Å². The number of anilines is 1. The summed E-state index contributed by atoms with van der Waals surface area (Å²) in [6.07, 6.45) is 8.44. The third-order valence-corrected chi connectivity index (χ3v) is 8.78. The van der Waals surface area contributed by atoms with Crippen LogP contribution in [0.2, 0.25) is 0 Å². The van der Waals surface area contributed by atoms with Gasteiger partial charge >= 0.3 is 6.01 Å². The van der Waals surface area contributed by atoms with Gasteiger partial charge in [-0.2, -0.15) is 10.4 Å². The molecule has 0 fully saturated rings. The van der Waals surface area contributed by atoms with Gasteiger partial charge in [-0.1, -0.05) is 30.8 Å². The van der Waals surface area contributed by atoms with Gasteiger partial charge in [-0.3, -0.25) is 9.48 Å². The summed E-state index contributed by atoms with van der Waals surface area (Å²) in [5, 5.41) is 16.9. The summed E-state index contributed by atoms with van der Waals surface area (Å²) < 4.78 is 24.0. The molecule has 2 aromatic carbocycles. The van der Waals surface area contributed by atoms with Gasteiger partial charge in [0.1, 0.15) is 5.82 Å². The van der Waals surface area contributed by atoms with E-state index in [0.717, 1.165) is 43.0 Å². The van der Waals surface area contributed by atoms with Gasteiger partial charge in [0.05, 0.1) is 25.2 Å². The van der Waals surface area contributed by atoms with Crippen LogP contribution < -0.4 is 15.8 Å². The molecule has 6 aromatic rings. The zero-order chi connectivity index (χ0) is 33.1. The number of nitrogens with zero attached hydrogens (tertiary/aromatic N) is 6. The fraction of sp³-hybridized carbons (Fsp3) is 0.143. The van der Waals surface area contributed by atoms with Gasteiger partial charge < -0.3 is 15.8 Å². The number of fused-ring (bicyclic) bond motifs is 1. The molecule has 0 saturated heterocycles. The van der Waals surface area contributed by atoms with Crippen molar-refractivity contribution in [3.05, 3.63) is 103 Å².